The lowest BCUT2D eigenvalue weighted by molar-refractivity contribution is -0.920. The van der Waals surface area contributed by atoms with E-state index in [0.717, 1.165) is 4.59 Å². The summed E-state index contributed by atoms with van der Waals surface area (Å²) in [5.41, 5.74) is 5.80. The quantitative estimate of drug-likeness (QED) is 0.359. The van der Waals surface area contributed by atoms with Crippen molar-refractivity contribution in [3.05, 3.63) is 0 Å². The molecule has 0 aromatic carbocycles. The van der Waals surface area contributed by atoms with Gasteiger partial charge >= 0.3 is 0 Å². The van der Waals surface area contributed by atoms with E-state index in [1.807, 2.05) is 28.2 Å². The first kappa shape index (κ1) is 6.88. The van der Waals surface area contributed by atoms with Crippen molar-refractivity contribution in [3.8, 4) is 0 Å². The Morgan fingerprint density at radius 3 is 1.57 bits per heavy atom. The normalized spacial score (nSPS) is 12.0. The standard InChI is InChI=1S/C4H14N3/c1-5-6-7(2,3)4/h5-6H,1-4H3/q+1. The summed E-state index contributed by atoms with van der Waals surface area (Å²) in [5.74, 6) is 0. The second kappa shape index (κ2) is 2.26. The molecular formula is C4H14N3+. The second-order valence-electron chi connectivity index (χ2n) is 2.37. The molecule has 0 aliphatic heterocycles. The molecule has 0 bridgehead atoms. The maximum Gasteiger partial charge on any atom is 0.0865 e. The molecule has 0 spiro atoms. The maximum atomic E-state index is 2.97. The molecule has 0 fully saturated rings. The smallest absolute Gasteiger partial charge is 0.0865 e. The molecule has 0 atom stereocenters. The Morgan fingerprint density at radius 1 is 1.14 bits per heavy atom. The third-order valence-electron chi connectivity index (χ3n) is 0.447. The molecule has 0 amide bonds. The van der Waals surface area contributed by atoms with Crippen molar-refractivity contribution in [1.82, 2.24) is 11.0 Å². The van der Waals surface area contributed by atoms with Crippen LogP contribution in [0.1, 0.15) is 0 Å². The van der Waals surface area contributed by atoms with Crippen molar-refractivity contribution >= 4 is 0 Å². The highest BCUT2D eigenvalue weighted by Gasteiger charge is 2.00. The van der Waals surface area contributed by atoms with Gasteiger partial charge in [0.05, 0.1) is 21.1 Å². The summed E-state index contributed by atoms with van der Waals surface area (Å²) in [6.07, 6.45) is 0. The van der Waals surface area contributed by atoms with Crippen LogP contribution in [0.5, 0.6) is 0 Å². The molecule has 0 saturated carbocycles. The summed E-state index contributed by atoms with van der Waals surface area (Å²) in [6, 6.07) is 0. The van der Waals surface area contributed by atoms with Crippen LogP contribution < -0.4 is 11.0 Å². The van der Waals surface area contributed by atoms with Gasteiger partial charge in [0.15, 0.2) is 0 Å². The van der Waals surface area contributed by atoms with Gasteiger partial charge in [-0.3, -0.25) is 0 Å². The van der Waals surface area contributed by atoms with Crippen molar-refractivity contribution in [2.45, 2.75) is 0 Å². The van der Waals surface area contributed by atoms with Crippen LogP contribution in [0.15, 0.2) is 0 Å². The van der Waals surface area contributed by atoms with Gasteiger partial charge in [0, 0.05) is 7.05 Å². The van der Waals surface area contributed by atoms with Gasteiger partial charge in [-0.25, -0.2) is 10.0 Å². The zero-order valence-electron chi connectivity index (χ0n) is 5.45. The van der Waals surface area contributed by atoms with Crippen molar-refractivity contribution in [2.75, 3.05) is 28.2 Å². The van der Waals surface area contributed by atoms with Crippen LogP contribution in [0, 0.1) is 0 Å². The van der Waals surface area contributed by atoms with E-state index < -0.39 is 0 Å². The fourth-order valence-electron chi connectivity index (χ4n) is 0.335. The molecule has 0 unspecified atom stereocenters. The Labute approximate surface area is 44.8 Å². The predicted molar refractivity (Wildman–Crippen MR) is 30.2 cm³/mol. The Hall–Kier alpha value is -0.120. The fourth-order valence-corrected chi connectivity index (χ4v) is 0.335. The van der Waals surface area contributed by atoms with E-state index in [1.165, 1.54) is 0 Å². The molecule has 0 rings (SSSR count). The highest BCUT2D eigenvalue weighted by atomic mass is 15.8. The molecule has 3 nitrogen and oxygen atoms in total. The molecule has 0 aliphatic carbocycles. The Kier molecular flexibility index (Phi) is 2.22. The lowest BCUT2D eigenvalue weighted by Gasteiger charge is -2.22. The van der Waals surface area contributed by atoms with Gasteiger partial charge < -0.3 is 0 Å². The molecular weight excluding hydrogens is 90.1 g/mol. The summed E-state index contributed by atoms with van der Waals surface area (Å²) >= 11 is 0. The topological polar surface area (TPSA) is 24.1 Å². The highest BCUT2D eigenvalue weighted by Crippen LogP contribution is 1.73. The number of nitrogens with one attached hydrogen (secondary N) is 2. The number of rotatable bonds is 2. The molecule has 2 N–H and O–H groups in total. The first-order valence-electron chi connectivity index (χ1n) is 2.32. The van der Waals surface area contributed by atoms with Gasteiger partial charge in [-0.05, 0) is 0 Å². The number of hydrazine groups is 1. The summed E-state index contributed by atoms with van der Waals surface area (Å²) < 4.78 is 0.733. The molecule has 0 heterocycles. The van der Waals surface area contributed by atoms with Crippen LogP contribution in [-0.2, 0) is 0 Å². The minimum Gasteiger partial charge on any atom is -0.239 e. The predicted octanol–water partition coefficient (Wildman–Crippen LogP) is -0.668. The lowest BCUT2D eigenvalue weighted by Crippen LogP contribution is -2.53. The average Bonchev–Trinajstić information content (AvgIpc) is 1.30. The van der Waals surface area contributed by atoms with E-state index >= 15 is 0 Å². The molecule has 7 heavy (non-hydrogen) atoms. The number of hydrogen-bond donors (Lipinski definition) is 2. The van der Waals surface area contributed by atoms with E-state index in [2.05, 4.69) is 11.0 Å². The van der Waals surface area contributed by atoms with E-state index in [-0.39, 0.29) is 0 Å². The van der Waals surface area contributed by atoms with E-state index in [9.17, 15) is 0 Å². The molecule has 44 valence electrons. The second-order valence-corrected chi connectivity index (χ2v) is 2.37. The van der Waals surface area contributed by atoms with Gasteiger partial charge in [0.1, 0.15) is 0 Å². The molecule has 0 aliphatic rings. The number of hydrogen-bond acceptors (Lipinski definition) is 2. The minimum atomic E-state index is 0.733. The molecule has 3 heteroatoms. The average molecular weight is 104 g/mol. The van der Waals surface area contributed by atoms with Gasteiger partial charge in [0.25, 0.3) is 0 Å². The number of nitrogens with zero attached hydrogens (tertiary/aromatic N) is 1. The van der Waals surface area contributed by atoms with Crippen LogP contribution in [0.3, 0.4) is 0 Å². The van der Waals surface area contributed by atoms with Crippen molar-refractivity contribution in [2.24, 2.45) is 0 Å². The van der Waals surface area contributed by atoms with Gasteiger partial charge in [-0.2, -0.15) is 0 Å². The maximum absolute atomic E-state index is 2.97. The number of quaternary nitrogens is 1. The Bertz CT molecular complexity index is 45.4. The van der Waals surface area contributed by atoms with Crippen LogP contribution in [0.4, 0.5) is 0 Å². The third kappa shape index (κ3) is 5.88. The zero-order chi connectivity index (χ0) is 5.91. The van der Waals surface area contributed by atoms with Crippen molar-refractivity contribution in [3.63, 3.8) is 0 Å². The fraction of sp³-hybridized carbons (Fsp3) is 1.00. The minimum absolute atomic E-state index is 0.733. The summed E-state index contributed by atoms with van der Waals surface area (Å²) in [7, 11) is 7.97. The monoisotopic (exact) mass is 104 g/mol. The Morgan fingerprint density at radius 2 is 1.57 bits per heavy atom. The van der Waals surface area contributed by atoms with E-state index in [0.29, 0.717) is 0 Å². The molecule has 0 radical (unpaired) electrons. The van der Waals surface area contributed by atoms with E-state index in [4.69, 9.17) is 0 Å². The SMILES string of the molecule is CNN[N+](C)(C)C. The Balaban J connectivity index is 3.15. The summed E-state index contributed by atoms with van der Waals surface area (Å²) in [5, 5.41) is 0. The summed E-state index contributed by atoms with van der Waals surface area (Å²) in [6.45, 7) is 0. The van der Waals surface area contributed by atoms with Crippen LogP contribution in [0.25, 0.3) is 0 Å². The van der Waals surface area contributed by atoms with Gasteiger partial charge in [0.2, 0.25) is 0 Å². The van der Waals surface area contributed by atoms with Crippen molar-refractivity contribution in [1.29, 1.82) is 0 Å². The van der Waals surface area contributed by atoms with Crippen LogP contribution >= 0.6 is 0 Å². The van der Waals surface area contributed by atoms with Gasteiger partial charge in [-0.1, -0.05) is 0 Å². The largest absolute Gasteiger partial charge is 0.239 e. The lowest BCUT2D eigenvalue weighted by atomic mass is 10.9. The van der Waals surface area contributed by atoms with E-state index in [1.54, 1.807) is 0 Å². The van der Waals surface area contributed by atoms with Crippen LogP contribution in [-0.4, -0.2) is 32.8 Å². The third-order valence-corrected chi connectivity index (χ3v) is 0.447. The van der Waals surface area contributed by atoms with Crippen LogP contribution in [0.2, 0.25) is 0 Å². The first-order valence-corrected chi connectivity index (χ1v) is 2.32. The zero-order valence-corrected chi connectivity index (χ0v) is 5.45. The molecule has 0 saturated heterocycles. The molecule has 0 aromatic rings. The van der Waals surface area contributed by atoms with Gasteiger partial charge in [-0.15, -0.1) is 5.53 Å². The summed E-state index contributed by atoms with van der Waals surface area (Å²) in [4.78, 5) is 0. The molecule has 0 aromatic heterocycles. The first-order chi connectivity index (χ1) is 3.06. The highest BCUT2D eigenvalue weighted by molar-refractivity contribution is 3.98. The van der Waals surface area contributed by atoms with Crippen molar-refractivity contribution < 1.29 is 4.59 Å².